The number of ether oxygens (including phenoxy) is 1. The van der Waals surface area contributed by atoms with E-state index in [1.807, 2.05) is 6.92 Å². The van der Waals surface area contributed by atoms with Crippen LogP contribution in [-0.2, 0) is 10.9 Å². The molecule has 0 bridgehead atoms. The van der Waals surface area contributed by atoms with Gasteiger partial charge in [0.1, 0.15) is 5.82 Å². The van der Waals surface area contributed by atoms with Gasteiger partial charge in [-0.2, -0.15) is 13.2 Å². The number of alkyl halides is 3. The van der Waals surface area contributed by atoms with E-state index < -0.39 is 11.7 Å². The number of hydrogen-bond donors (Lipinski definition) is 1. The highest BCUT2D eigenvalue weighted by Crippen LogP contribution is 2.35. The van der Waals surface area contributed by atoms with Crippen LogP contribution >= 0.6 is 15.9 Å². The second-order valence-corrected chi connectivity index (χ2v) is 4.44. The molecule has 0 aliphatic rings. The molecule has 1 rings (SSSR count). The molecule has 1 aromatic heterocycles. The summed E-state index contributed by atoms with van der Waals surface area (Å²) in [6.07, 6.45) is -2.46. The molecule has 1 aromatic rings. The van der Waals surface area contributed by atoms with Gasteiger partial charge in [-0.3, -0.25) is 0 Å². The third-order valence-corrected chi connectivity index (χ3v) is 2.56. The molecule has 3 nitrogen and oxygen atoms in total. The number of anilines is 1. The molecular weight excluding hydrogens is 313 g/mol. The van der Waals surface area contributed by atoms with E-state index in [9.17, 15) is 13.2 Å². The van der Waals surface area contributed by atoms with Gasteiger partial charge in [0.2, 0.25) is 0 Å². The lowest BCUT2D eigenvalue weighted by Crippen LogP contribution is -2.14. The van der Waals surface area contributed by atoms with E-state index in [2.05, 4.69) is 26.2 Å². The predicted octanol–water partition coefficient (Wildman–Crippen LogP) is 3.70. The number of rotatable bonds is 6. The van der Waals surface area contributed by atoms with Gasteiger partial charge in [0.25, 0.3) is 0 Å². The minimum Gasteiger partial charge on any atom is -0.382 e. The van der Waals surface area contributed by atoms with E-state index in [1.54, 1.807) is 0 Å². The molecule has 0 aliphatic carbocycles. The van der Waals surface area contributed by atoms with Crippen LogP contribution < -0.4 is 5.32 Å². The Morgan fingerprint density at radius 3 is 2.78 bits per heavy atom. The molecule has 18 heavy (non-hydrogen) atoms. The topological polar surface area (TPSA) is 34.1 Å². The number of halogens is 4. The standard InChI is InChI=1S/C11H14BrF3N2O/c1-2-18-5-3-4-16-10-9(11(13,14)15)6-8(12)7-17-10/h6-7H,2-5H2,1H3,(H,16,17). The summed E-state index contributed by atoms with van der Waals surface area (Å²) in [4.78, 5) is 3.74. The van der Waals surface area contributed by atoms with Gasteiger partial charge in [0, 0.05) is 30.4 Å². The Kier molecular flexibility index (Phi) is 5.87. The Morgan fingerprint density at radius 1 is 1.44 bits per heavy atom. The SMILES string of the molecule is CCOCCCNc1ncc(Br)cc1C(F)(F)F. The number of pyridine rings is 1. The number of nitrogens with one attached hydrogen (secondary N) is 1. The molecule has 0 amide bonds. The maximum atomic E-state index is 12.7. The summed E-state index contributed by atoms with van der Waals surface area (Å²) in [7, 11) is 0. The first-order chi connectivity index (χ1) is 8.45. The molecular formula is C11H14BrF3N2O. The van der Waals surface area contributed by atoms with Crippen molar-refractivity contribution < 1.29 is 17.9 Å². The minimum absolute atomic E-state index is 0.151. The Balaban J connectivity index is 2.65. The van der Waals surface area contributed by atoms with Gasteiger partial charge in [0.15, 0.2) is 0 Å². The summed E-state index contributed by atoms with van der Waals surface area (Å²) in [6, 6.07) is 1.01. The highest BCUT2D eigenvalue weighted by Gasteiger charge is 2.34. The maximum Gasteiger partial charge on any atom is 0.419 e. The number of nitrogens with zero attached hydrogens (tertiary/aromatic N) is 1. The summed E-state index contributed by atoms with van der Waals surface area (Å²) in [5, 5.41) is 2.67. The van der Waals surface area contributed by atoms with Crippen molar-refractivity contribution in [1.82, 2.24) is 4.98 Å². The summed E-state index contributed by atoms with van der Waals surface area (Å²) in [5.74, 6) is -0.151. The van der Waals surface area contributed by atoms with E-state index in [0.29, 0.717) is 30.7 Å². The van der Waals surface area contributed by atoms with E-state index >= 15 is 0 Å². The van der Waals surface area contributed by atoms with Gasteiger partial charge < -0.3 is 10.1 Å². The normalized spacial score (nSPS) is 11.6. The fourth-order valence-electron chi connectivity index (χ4n) is 1.32. The van der Waals surface area contributed by atoms with E-state index in [0.717, 1.165) is 6.07 Å². The van der Waals surface area contributed by atoms with E-state index in [-0.39, 0.29) is 5.82 Å². The molecule has 0 fully saturated rings. The molecule has 0 radical (unpaired) electrons. The Morgan fingerprint density at radius 2 is 2.17 bits per heavy atom. The average molecular weight is 327 g/mol. The zero-order chi connectivity index (χ0) is 13.6. The first-order valence-electron chi connectivity index (χ1n) is 5.49. The van der Waals surface area contributed by atoms with Crippen LogP contribution in [0.3, 0.4) is 0 Å². The van der Waals surface area contributed by atoms with Crippen molar-refractivity contribution in [1.29, 1.82) is 0 Å². The summed E-state index contributed by atoms with van der Waals surface area (Å²) >= 11 is 2.98. The lowest BCUT2D eigenvalue weighted by molar-refractivity contribution is -0.137. The van der Waals surface area contributed by atoms with Crippen LogP contribution in [0.2, 0.25) is 0 Å². The van der Waals surface area contributed by atoms with Gasteiger partial charge in [-0.25, -0.2) is 4.98 Å². The first kappa shape index (κ1) is 15.2. The maximum absolute atomic E-state index is 12.7. The van der Waals surface area contributed by atoms with Crippen molar-refractivity contribution in [2.24, 2.45) is 0 Å². The van der Waals surface area contributed by atoms with Crippen LogP contribution in [0, 0.1) is 0 Å². The minimum atomic E-state index is -4.42. The summed E-state index contributed by atoms with van der Waals surface area (Å²) in [6.45, 7) is 3.37. The lowest BCUT2D eigenvalue weighted by Gasteiger charge is -2.13. The Hall–Kier alpha value is -0.820. The summed E-state index contributed by atoms with van der Waals surface area (Å²) < 4.78 is 43.6. The molecule has 0 unspecified atom stereocenters. The van der Waals surface area contributed by atoms with Crippen LogP contribution in [0.5, 0.6) is 0 Å². The van der Waals surface area contributed by atoms with E-state index in [1.165, 1.54) is 6.20 Å². The highest BCUT2D eigenvalue weighted by molar-refractivity contribution is 9.10. The van der Waals surface area contributed by atoms with Gasteiger partial charge in [0.05, 0.1) is 5.56 Å². The Bertz CT molecular complexity index is 385. The smallest absolute Gasteiger partial charge is 0.382 e. The molecule has 0 saturated carbocycles. The molecule has 7 heteroatoms. The molecule has 0 saturated heterocycles. The van der Waals surface area contributed by atoms with Crippen LogP contribution in [0.1, 0.15) is 18.9 Å². The average Bonchev–Trinajstić information content (AvgIpc) is 2.29. The second-order valence-electron chi connectivity index (χ2n) is 3.52. The Labute approximate surface area is 112 Å². The van der Waals surface area contributed by atoms with Crippen molar-refractivity contribution >= 4 is 21.7 Å². The second kappa shape index (κ2) is 6.94. The van der Waals surface area contributed by atoms with Crippen molar-refractivity contribution in [2.75, 3.05) is 25.1 Å². The van der Waals surface area contributed by atoms with Crippen LogP contribution in [0.15, 0.2) is 16.7 Å². The van der Waals surface area contributed by atoms with E-state index in [4.69, 9.17) is 4.74 Å². The van der Waals surface area contributed by atoms with Crippen LogP contribution in [-0.4, -0.2) is 24.7 Å². The van der Waals surface area contributed by atoms with Crippen molar-refractivity contribution in [2.45, 2.75) is 19.5 Å². The number of hydrogen-bond acceptors (Lipinski definition) is 3. The first-order valence-corrected chi connectivity index (χ1v) is 6.28. The summed E-state index contributed by atoms with van der Waals surface area (Å²) in [5.41, 5.74) is -0.770. The molecule has 1 heterocycles. The lowest BCUT2D eigenvalue weighted by atomic mass is 10.2. The molecule has 0 aliphatic heterocycles. The fraction of sp³-hybridized carbons (Fsp3) is 0.545. The zero-order valence-electron chi connectivity index (χ0n) is 9.85. The molecule has 1 N–H and O–H groups in total. The fourth-order valence-corrected chi connectivity index (χ4v) is 1.65. The largest absolute Gasteiger partial charge is 0.419 e. The quantitative estimate of drug-likeness (QED) is 0.809. The zero-order valence-corrected chi connectivity index (χ0v) is 11.4. The molecule has 0 spiro atoms. The van der Waals surface area contributed by atoms with Crippen molar-refractivity contribution in [3.05, 3.63) is 22.3 Å². The van der Waals surface area contributed by atoms with Gasteiger partial charge in [-0.1, -0.05) is 0 Å². The monoisotopic (exact) mass is 326 g/mol. The van der Waals surface area contributed by atoms with Crippen molar-refractivity contribution in [3.8, 4) is 0 Å². The van der Waals surface area contributed by atoms with Crippen LogP contribution in [0.25, 0.3) is 0 Å². The molecule has 0 atom stereocenters. The van der Waals surface area contributed by atoms with Gasteiger partial charge in [-0.05, 0) is 35.3 Å². The molecule has 102 valence electrons. The third-order valence-electron chi connectivity index (χ3n) is 2.12. The van der Waals surface area contributed by atoms with Crippen LogP contribution in [0.4, 0.5) is 19.0 Å². The number of aromatic nitrogens is 1. The van der Waals surface area contributed by atoms with Gasteiger partial charge >= 0.3 is 6.18 Å². The third kappa shape index (κ3) is 4.81. The van der Waals surface area contributed by atoms with Crippen molar-refractivity contribution in [3.63, 3.8) is 0 Å². The highest BCUT2D eigenvalue weighted by atomic mass is 79.9. The predicted molar refractivity (Wildman–Crippen MR) is 66.5 cm³/mol. The molecule has 0 aromatic carbocycles. The van der Waals surface area contributed by atoms with Gasteiger partial charge in [-0.15, -0.1) is 0 Å².